The maximum atomic E-state index is 12.8. The van der Waals surface area contributed by atoms with E-state index in [1.54, 1.807) is 12.3 Å². The van der Waals surface area contributed by atoms with E-state index in [9.17, 15) is 18.0 Å². The maximum Gasteiger partial charge on any atom is 0.435 e. The summed E-state index contributed by atoms with van der Waals surface area (Å²) in [6, 6.07) is 11.1. The smallest absolute Gasteiger partial charge is 0.347 e. The van der Waals surface area contributed by atoms with Gasteiger partial charge in [0.25, 0.3) is 5.56 Å². The number of nitrogens with zero attached hydrogens (tertiary/aromatic N) is 4. The topological polar surface area (TPSA) is 52.7 Å². The summed E-state index contributed by atoms with van der Waals surface area (Å²) >= 11 is 0. The van der Waals surface area contributed by atoms with Crippen LogP contribution in [0.25, 0.3) is 27.8 Å². The summed E-state index contributed by atoms with van der Waals surface area (Å²) in [5.74, 6) is 0. The second-order valence-electron chi connectivity index (χ2n) is 8.17. The van der Waals surface area contributed by atoms with E-state index in [0.29, 0.717) is 5.56 Å². The lowest BCUT2D eigenvalue weighted by Crippen LogP contribution is -2.17. The summed E-state index contributed by atoms with van der Waals surface area (Å²) in [7, 11) is 2.07. The van der Waals surface area contributed by atoms with Gasteiger partial charge in [0.2, 0.25) is 0 Å². The van der Waals surface area contributed by atoms with Gasteiger partial charge >= 0.3 is 6.18 Å². The molecule has 0 saturated carbocycles. The Morgan fingerprint density at radius 1 is 0.938 bits per heavy atom. The van der Waals surface area contributed by atoms with E-state index >= 15 is 0 Å². The van der Waals surface area contributed by atoms with Crippen molar-refractivity contribution < 1.29 is 13.2 Å². The minimum atomic E-state index is -4.55. The summed E-state index contributed by atoms with van der Waals surface area (Å²) in [5.41, 5.74) is 3.89. The van der Waals surface area contributed by atoms with Crippen LogP contribution in [0.4, 0.5) is 13.2 Å². The predicted molar refractivity (Wildman–Crippen MR) is 116 cm³/mol. The number of pyridine rings is 1. The van der Waals surface area contributed by atoms with Gasteiger partial charge in [-0.3, -0.25) is 9.36 Å². The highest BCUT2D eigenvalue weighted by molar-refractivity contribution is 5.87. The number of hydrogen-bond donors (Lipinski definition) is 0. The van der Waals surface area contributed by atoms with Crippen LogP contribution in [0.2, 0.25) is 0 Å². The summed E-state index contributed by atoms with van der Waals surface area (Å²) in [6.07, 6.45) is 2.85. The fourth-order valence-corrected chi connectivity index (χ4v) is 4.56. The van der Waals surface area contributed by atoms with Gasteiger partial charge in [-0.25, -0.2) is 0 Å². The van der Waals surface area contributed by atoms with Crippen LogP contribution in [0.1, 0.15) is 36.2 Å². The molecule has 0 saturated heterocycles. The van der Waals surface area contributed by atoms with Crippen LogP contribution in [0.15, 0.2) is 53.5 Å². The van der Waals surface area contributed by atoms with Crippen LogP contribution < -0.4 is 5.56 Å². The van der Waals surface area contributed by atoms with E-state index in [1.807, 2.05) is 12.1 Å². The number of aromatic nitrogens is 4. The van der Waals surface area contributed by atoms with Crippen molar-refractivity contribution in [3.8, 4) is 16.9 Å². The van der Waals surface area contributed by atoms with Crippen molar-refractivity contribution in [1.82, 2.24) is 19.3 Å². The molecule has 5 rings (SSSR count). The van der Waals surface area contributed by atoms with Crippen LogP contribution in [0, 0.1) is 0 Å². The molecular weight excluding hydrogens is 417 g/mol. The van der Waals surface area contributed by atoms with Gasteiger partial charge in [-0.1, -0.05) is 12.5 Å². The molecule has 3 heterocycles. The Kier molecular flexibility index (Phi) is 4.87. The number of benzene rings is 1. The van der Waals surface area contributed by atoms with E-state index < -0.39 is 11.9 Å². The lowest BCUT2D eigenvalue weighted by molar-refractivity contribution is -0.141. The second-order valence-corrected chi connectivity index (χ2v) is 8.17. The molecule has 5 nitrogen and oxygen atoms in total. The van der Waals surface area contributed by atoms with Crippen LogP contribution >= 0.6 is 0 Å². The van der Waals surface area contributed by atoms with E-state index in [-0.39, 0.29) is 11.3 Å². The molecular formula is C24H21F3N4O. The minimum Gasteiger partial charge on any atom is -0.347 e. The Bertz CT molecular complexity index is 1370. The summed E-state index contributed by atoms with van der Waals surface area (Å²) in [5, 5.41) is 8.10. The van der Waals surface area contributed by atoms with E-state index in [1.165, 1.54) is 52.6 Å². The van der Waals surface area contributed by atoms with Crippen LogP contribution in [-0.2, 0) is 26.1 Å². The third kappa shape index (κ3) is 3.49. The maximum absolute atomic E-state index is 12.8. The van der Waals surface area contributed by atoms with E-state index in [2.05, 4.69) is 27.9 Å². The normalized spacial score (nSPS) is 14.4. The van der Waals surface area contributed by atoms with Gasteiger partial charge in [-0.15, -0.1) is 10.2 Å². The quantitative estimate of drug-likeness (QED) is 0.411. The first-order valence-corrected chi connectivity index (χ1v) is 10.6. The number of rotatable bonds is 2. The molecule has 0 fully saturated rings. The Labute approximate surface area is 182 Å². The molecule has 3 aromatic heterocycles. The highest BCUT2D eigenvalue weighted by Crippen LogP contribution is 2.32. The van der Waals surface area contributed by atoms with Crippen molar-refractivity contribution in [2.75, 3.05) is 0 Å². The molecule has 1 aliphatic rings. The molecule has 32 heavy (non-hydrogen) atoms. The first-order valence-electron chi connectivity index (χ1n) is 10.6. The average Bonchev–Trinajstić information content (AvgIpc) is 2.93. The molecule has 0 radical (unpaired) electrons. The van der Waals surface area contributed by atoms with E-state index in [0.717, 1.165) is 30.1 Å². The Morgan fingerprint density at radius 3 is 2.47 bits per heavy atom. The first kappa shape index (κ1) is 20.5. The molecule has 0 aliphatic heterocycles. The minimum absolute atomic E-state index is 0.212. The monoisotopic (exact) mass is 438 g/mol. The van der Waals surface area contributed by atoms with Crippen molar-refractivity contribution in [2.45, 2.75) is 38.3 Å². The predicted octanol–water partition coefficient (Wildman–Crippen LogP) is 5.07. The van der Waals surface area contributed by atoms with Crippen LogP contribution in [0.3, 0.4) is 0 Å². The SMILES string of the molecule is Cn1c2c(c3ccc(-n4ccc(-c5ccc(C(F)(F)F)nn5)cc4=O)cc31)CCCCC2. The Balaban J connectivity index is 1.52. The van der Waals surface area contributed by atoms with Gasteiger partial charge < -0.3 is 4.57 Å². The first-order chi connectivity index (χ1) is 15.3. The zero-order valence-corrected chi connectivity index (χ0v) is 17.5. The van der Waals surface area contributed by atoms with Crippen molar-refractivity contribution in [3.63, 3.8) is 0 Å². The molecule has 0 bridgehead atoms. The van der Waals surface area contributed by atoms with Gasteiger partial charge in [0, 0.05) is 36.0 Å². The number of hydrogen-bond acceptors (Lipinski definition) is 3. The van der Waals surface area contributed by atoms with Gasteiger partial charge in [0.1, 0.15) is 0 Å². The summed E-state index contributed by atoms with van der Waals surface area (Å²) in [4.78, 5) is 12.8. The van der Waals surface area contributed by atoms with E-state index in [4.69, 9.17) is 0 Å². The molecule has 1 aliphatic carbocycles. The zero-order chi connectivity index (χ0) is 22.5. The Hall–Kier alpha value is -3.42. The molecule has 0 N–H and O–H groups in total. The lowest BCUT2D eigenvalue weighted by Gasteiger charge is -2.09. The third-order valence-electron chi connectivity index (χ3n) is 6.21. The van der Waals surface area contributed by atoms with Crippen molar-refractivity contribution in [1.29, 1.82) is 0 Å². The standard InChI is InChI=1S/C24H21F3N4O/c1-30-20-6-4-2-3-5-17(20)18-8-7-16(14-21(18)30)31-12-11-15(13-23(31)32)19-9-10-22(29-28-19)24(25,26)27/h7-14H,2-6H2,1H3. The van der Waals surface area contributed by atoms with Gasteiger partial charge in [-0.2, -0.15) is 13.2 Å². The second kappa shape index (κ2) is 7.62. The summed E-state index contributed by atoms with van der Waals surface area (Å²) < 4.78 is 41.9. The van der Waals surface area contributed by atoms with Gasteiger partial charge in [0.15, 0.2) is 5.69 Å². The Morgan fingerprint density at radius 2 is 1.75 bits per heavy atom. The molecule has 0 unspecified atom stereocenters. The highest BCUT2D eigenvalue weighted by Gasteiger charge is 2.32. The van der Waals surface area contributed by atoms with Crippen LogP contribution in [0.5, 0.6) is 0 Å². The average molecular weight is 438 g/mol. The number of aryl methyl sites for hydroxylation is 2. The number of alkyl halides is 3. The number of halogens is 3. The zero-order valence-electron chi connectivity index (χ0n) is 17.5. The molecule has 0 atom stereocenters. The molecule has 164 valence electrons. The van der Waals surface area contributed by atoms with Crippen LogP contribution in [-0.4, -0.2) is 19.3 Å². The van der Waals surface area contributed by atoms with Crippen molar-refractivity contribution in [2.24, 2.45) is 7.05 Å². The highest BCUT2D eigenvalue weighted by atomic mass is 19.4. The fraction of sp³-hybridized carbons (Fsp3) is 0.292. The molecule has 0 spiro atoms. The summed E-state index contributed by atoms with van der Waals surface area (Å²) in [6.45, 7) is 0. The van der Waals surface area contributed by atoms with Gasteiger partial charge in [-0.05, 0) is 61.6 Å². The molecule has 1 aromatic carbocycles. The number of fused-ring (bicyclic) bond motifs is 3. The fourth-order valence-electron chi connectivity index (χ4n) is 4.56. The third-order valence-corrected chi connectivity index (χ3v) is 6.21. The van der Waals surface area contributed by atoms with Crippen molar-refractivity contribution in [3.05, 3.63) is 76.0 Å². The molecule has 8 heteroatoms. The van der Waals surface area contributed by atoms with Gasteiger partial charge in [0.05, 0.1) is 16.9 Å². The molecule has 0 amide bonds. The van der Waals surface area contributed by atoms with Crippen molar-refractivity contribution >= 4 is 10.9 Å². The largest absolute Gasteiger partial charge is 0.435 e. The molecule has 4 aromatic rings. The lowest BCUT2D eigenvalue weighted by atomic mass is 10.1.